The second-order valence-electron chi connectivity index (χ2n) is 9.47. The van der Waals surface area contributed by atoms with Gasteiger partial charge in [-0.3, -0.25) is 14.5 Å². The number of benzene rings is 3. The Morgan fingerprint density at radius 3 is 2.46 bits per heavy atom. The molecule has 0 saturated carbocycles. The lowest BCUT2D eigenvalue weighted by atomic mass is 9.99. The first kappa shape index (κ1) is 28.6. The molecule has 0 bridgehead atoms. The van der Waals surface area contributed by atoms with Crippen LogP contribution in [0.5, 0.6) is 11.5 Å². The first-order valence-corrected chi connectivity index (χ1v) is 14.7. The Bertz CT molecular complexity index is 1540. The minimum Gasteiger partial charge on any atom is -0.497 e. The maximum absolute atomic E-state index is 13.8. The number of carbonyl (C=O) groups excluding carboxylic acids is 2. The van der Waals surface area contributed by atoms with Crippen molar-refractivity contribution in [2.45, 2.75) is 18.6 Å². The molecular formula is C31H31ClN4O4S. The number of anilines is 1. The Balaban J connectivity index is 1.80. The van der Waals surface area contributed by atoms with E-state index in [2.05, 4.69) is 5.32 Å². The highest BCUT2D eigenvalue weighted by Crippen LogP contribution is 2.50. The molecule has 0 unspecified atom stereocenters. The summed E-state index contributed by atoms with van der Waals surface area (Å²) in [6, 6.07) is 22.7. The van der Waals surface area contributed by atoms with E-state index in [1.54, 1.807) is 23.8 Å². The van der Waals surface area contributed by atoms with Gasteiger partial charge in [-0.05, 0) is 48.9 Å². The molecule has 1 atom stereocenters. The third-order valence-electron chi connectivity index (χ3n) is 6.82. The van der Waals surface area contributed by atoms with Crippen molar-refractivity contribution >= 4 is 41.0 Å². The molecule has 212 valence electrons. The number of amides is 2. The number of para-hydroxylation sites is 1. The van der Waals surface area contributed by atoms with Crippen LogP contribution in [0.3, 0.4) is 0 Å². The SMILES string of the molecule is CCCNC(=O)CN1C(=O)CS[C@H](c2ccccc2OC)c2c(-c3ccc(Cl)cc3)nn(-c3ccc(OC)cc3)c21. The van der Waals surface area contributed by atoms with Crippen molar-refractivity contribution in [2.75, 3.05) is 38.0 Å². The summed E-state index contributed by atoms with van der Waals surface area (Å²) in [7, 11) is 3.25. The number of ether oxygens (including phenoxy) is 2. The number of carbonyl (C=O) groups is 2. The maximum Gasteiger partial charge on any atom is 0.240 e. The Labute approximate surface area is 248 Å². The summed E-state index contributed by atoms with van der Waals surface area (Å²) in [5.74, 6) is 1.69. The molecule has 1 aromatic heterocycles. The molecule has 1 N–H and O–H groups in total. The number of aromatic nitrogens is 2. The average Bonchev–Trinajstić information content (AvgIpc) is 3.33. The normalized spacial score (nSPS) is 14.8. The molecule has 0 aliphatic carbocycles. The van der Waals surface area contributed by atoms with E-state index in [1.165, 1.54) is 11.8 Å². The Morgan fingerprint density at radius 2 is 1.78 bits per heavy atom. The van der Waals surface area contributed by atoms with Gasteiger partial charge in [-0.25, -0.2) is 4.68 Å². The molecule has 2 amide bonds. The lowest BCUT2D eigenvalue weighted by molar-refractivity contribution is -0.122. The molecule has 0 spiro atoms. The van der Waals surface area contributed by atoms with Crippen molar-refractivity contribution in [3.8, 4) is 28.4 Å². The van der Waals surface area contributed by atoms with Crippen molar-refractivity contribution < 1.29 is 19.1 Å². The van der Waals surface area contributed by atoms with Crippen LogP contribution >= 0.6 is 23.4 Å². The monoisotopic (exact) mass is 590 g/mol. The smallest absolute Gasteiger partial charge is 0.240 e. The van der Waals surface area contributed by atoms with E-state index in [-0.39, 0.29) is 29.4 Å². The predicted molar refractivity (Wildman–Crippen MR) is 164 cm³/mol. The summed E-state index contributed by atoms with van der Waals surface area (Å²) in [6.45, 7) is 2.38. The number of thioether (sulfide) groups is 1. The number of nitrogens with zero attached hydrogens (tertiary/aromatic N) is 3. The highest BCUT2D eigenvalue weighted by Gasteiger charge is 2.38. The summed E-state index contributed by atoms with van der Waals surface area (Å²) in [4.78, 5) is 28.4. The minimum atomic E-state index is -0.313. The van der Waals surface area contributed by atoms with Gasteiger partial charge < -0.3 is 14.8 Å². The fraction of sp³-hybridized carbons (Fsp3) is 0.258. The molecule has 2 heterocycles. The molecule has 0 radical (unpaired) electrons. The topological polar surface area (TPSA) is 85.7 Å². The molecule has 0 fully saturated rings. The van der Waals surface area contributed by atoms with Crippen LogP contribution in [-0.2, 0) is 9.59 Å². The number of fused-ring (bicyclic) bond motifs is 1. The second-order valence-corrected chi connectivity index (χ2v) is 11.0. The number of nitrogens with one attached hydrogen (secondary N) is 1. The summed E-state index contributed by atoms with van der Waals surface area (Å²) in [6.07, 6.45) is 0.793. The van der Waals surface area contributed by atoms with Gasteiger partial charge in [0, 0.05) is 28.3 Å². The van der Waals surface area contributed by atoms with Gasteiger partial charge in [-0.1, -0.05) is 48.9 Å². The quantitative estimate of drug-likeness (QED) is 0.261. The van der Waals surface area contributed by atoms with Crippen molar-refractivity contribution in [1.82, 2.24) is 15.1 Å². The number of hydrogen-bond acceptors (Lipinski definition) is 6. The number of halogens is 1. The van der Waals surface area contributed by atoms with Crippen LogP contribution in [0.2, 0.25) is 5.02 Å². The van der Waals surface area contributed by atoms with Crippen LogP contribution in [0.15, 0.2) is 72.8 Å². The van der Waals surface area contributed by atoms with Crippen LogP contribution in [-0.4, -0.2) is 54.7 Å². The first-order chi connectivity index (χ1) is 19.9. The summed E-state index contributed by atoms with van der Waals surface area (Å²) < 4.78 is 12.9. The number of methoxy groups -OCH3 is 2. The van der Waals surface area contributed by atoms with Crippen molar-refractivity contribution in [3.63, 3.8) is 0 Å². The van der Waals surface area contributed by atoms with E-state index in [0.29, 0.717) is 34.6 Å². The average molecular weight is 591 g/mol. The fourth-order valence-electron chi connectivity index (χ4n) is 4.84. The number of rotatable bonds is 9. The van der Waals surface area contributed by atoms with E-state index in [0.717, 1.165) is 28.8 Å². The standard InChI is InChI=1S/C31H31ClN4O4S/c1-4-17-33-26(37)18-35-27(38)19-41-30(24-7-5-6-8-25(24)40-3)28-29(20-9-11-21(32)12-10-20)34-36(31(28)35)22-13-15-23(39-2)16-14-22/h5-16,30H,4,17-19H2,1-3H3,(H,33,37)/t30-/m1/s1. The zero-order valence-corrected chi connectivity index (χ0v) is 24.7. The molecular weight excluding hydrogens is 560 g/mol. The molecule has 5 rings (SSSR count). The number of hydrogen-bond donors (Lipinski definition) is 1. The van der Waals surface area contributed by atoms with Crippen LogP contribution < -0.4 is 19.7 Å². The predicted octanol–water partition coefficient (Wildman–Crippen LogP) is 5.91. The molecule has 10 heteroatoms. The molecule has 0 saturated heterocycles. The maximum atomic E-state index is 13.8. The molecule has 1 aliphatic rings. The van der Waals surface area contributed by atoms with Crippen LogP contribution in [0, 0.1) is 0 Å². The second kappa shape index (κ2) is 12.7. The third-order valence-corrected chi connectivity index (χ3v) is 8.31. The van der Waals surface area contributed by atoms with Gasteiger partial charge in [0.05, 0.1) is 36.6 Å². The zero-order chi connectivity index (χ0) is 28.9. The first-order valence-electron chi connectivity index (χ1n) is 13.3. The molecule has 3 aromatic carbocycles. The van der Waals surface area contributed by atoms with E-state index in [9.17, 15) is 9.59 Å². The summed E-state index contributed by atoms with van der Waals surface area (Å²) in [5, 5.41) is 8.30. The lowest BCUT2D eigenvalue weighted by Gasteiger charge is -2.23. The van der Waals surface area contributed by atoms with Crippen LogP contribution in [0.1, 0.15) is 29.7 Å². The van der Waals surface area contributed by atoms with E-state index >= 15 is 0 Å². The molecule has 4 aromatic rings. The summed E-state index contributed by atoms with van der Waals surface area (Å²) >= 11 is 7.74. The van der Waals surface area contributed by atoms with Gasteiger partial charge in [-0.15, -0.1) is 11.8 Å². The van der Waals surface area contributed by atoms with Crippen LogP contribution in [0.25, 0.3) is 16.9 Å². The van der Waals surface area contributed by atoms with Gasteiger partial charge >= 0.3 is 0 Å². The highest BCUT2D eigenvalue weighted by molar-refractivity contribution is 8.00. The third kappa shape index (κ3) is 5.92. The van der Waals surface area contributed by atoms with Crippen molar-refractivity contribution in [2.24, 2.45) is 0 Å². The highest BCUT2D eigenvalue weighted by atomic mass is 35.5. The van der Waals surface area contributed by atoms with Gasteiger partial charge in [0.15, 0.2) is 0 Å². The Kier molecular flexibility index (Phi) is 8.85. The largest absolute Gasteiger partial charge is 0.497 e. The minimum absolute atomic E-state index is 0.132. The van der Waals surface area contributed by atoms with Crippen LogP contribution in [0.4, 0.5) is 5.82 Å². The van der Waals surface area contributed by atoms with Gasteiger partial charge in [0.25, 0.3) is 0 Å². The summed E-state index contributed by atoms with van der Waals surface area (Å²) in [5.41, 5.74) is 3.97. The fourth-order valence-corrected chi connectivity index (χ4v) is 6.19. The Morgan fingerprint density at radius 1 is 1.05 bits per heavy atom. The van der Waals surface area contributed by atoms with Gasteiger partial charge in [0.1, 0.15) is 23.9 Å². The van der Waals surface area contributed by atoms with E-state index in [4.69, 9.17) is 26.2 Å². The molecule has 1 aliphatic heterocycles. The van der Waals surface area contributed by atoms with Crippen molar-refractivity contribution in [3.05, 3.63) is 88.9 Å². The van der Waals surface area contributed by atoms with E-state index < -0.39 is 0 Å². The lowest BCUT2D eigenvalue weighted by Crippen LogP contribution is -2.42. The van der Waals surface area contributed by atoms with Gasteiger partial charge in [0.2, 0.25) is 11.8 Å². The Hall–Kier alpha value is -3.95. The zero-order valence-electron chi connectivity index (χ0n) is 23.1. The molecule has 41 heavy (non-hydrogen) atoms. The molecule has 8 nitrogen and oxygen atoms in total. The van der Waals surface area contributed by atoms with Crippen molar-refractivity contribution in [1.29, 1.82) is 0 Å². The van der Waals surface area contributed by atoms with E-state index in [1.807, 2.05) is 79.7 Å². The van der Waals surface area contributed by atoms with Gasteiger partial charge in [-0.2, -0.15) is 5.10 Å².